The van der Waals surface area contributed by atoms with E-state index in [0.717, 1.165) is 15.6 Å². The van der Waals surface area contributed by atoms with Crippen molar-refractivity contribution < 1.29 is 17.9 Å². The molecule has 0 fully saturated rings. The number of sulfonamides is 1. The number of nitrogens with zero attached hydrogens (tertiary/aromatic N) is 2. The van der Waals surface area contributed by atoms with Gasteiger partial charge in [0.1, 0.15) is 0 Å². The van der Waals surface area contributed by atoms with Crippen LogP contribution in [0.25, 0.3) is 0 Å². The number of halogens is 1. The molecule has 1 amide bonds. The van der Waals surface area contributed by atoms with E-state index in [-0.39, 0.29) is 21.1 Å². The van der Waals surface area contributed by atoms with Crippen molar-refractivity contribution in [2.45, 2.75) is 17.6 Å². The fraction of sp³-hybridized carbons (Fsp3) is 0.636. The monoisotopic (exact) mass is 355 g/mol. The molecular weight excluding hydrogens is 338 g/mol. The average molecular weight is 356 g/mol. The number of aryl methyl sites for hydroxylation is 1. The van der Waals surface area contributed by atoms with Gasteiger partial charge in [-0.3, -0.25) is 4.79 Å². The summed E-state index contributed by atoms with van der Waals surface area (Å²) >= 11 is 6.59. The Morgan fingerprint density at radius 3 is 2.71 bits per heavy atom. The lowest BCUT2D eigenvalue weighted by atomic mass is 10.4. The molecule has 0 bridgehead atoms. The summed E-state index contributed by atoms with van der Waals surface area (Å²) < 4.78 is 30.7. The molecule has 0 aliphatic carbocycles. The summed E-state index contributed by atoms with van der Waals surface area (Å²) in [7, 11) is -0.841. The van der Waals surface area contributed by atoms with Gasteiger partial charge in [0.2, 0.25) is 5.91 Å². The molecule has 0 radical (unpaired) electrons. The van der Waals surface area contributed by atoms with E-state index in [2.05, 4.69) is 10.3 Å². The standard InChI is InChI=1S/C11H18ClN3O4S2/c1-8-10(20-11(12)14-8)21(17,18)15(2)7-9(16)13-5-4-6-19-3/h4-7H2,1-3H3,(H,13,16). The number of amides is 1. The van der Waals surface area contributed by atoms with Crippen molar-refractivity contribution in [1.82, 2.24) is 14.6 Å². The molecule has 0 saturated heterocycles. The van der Waals surface area contributed by atoms with Crippen molar-refractivity contribution in [3.8, 4) is 0 Å². The van der Waals surface area contributed by atoms with Crippen molar-refractivity contribution in [2.75, 3.05) is 33.9 Å². The number of aromatic nitrogens is 1. The summed E-state index contributed by atoms with van der Waals surface area (Å²) in [6.07, 6.45) is 0.669. The zero-order chi connectivity index (χ0) is 16.0. The molecule has 7 nitrogen and oxygen atoms in total. The smallest absolute Gasteiger partial charge is 0.254 e. The summed E-state index contributed by atoms with van der Waals surface area (Å²) in [5, 5.41) is 2.63. The highest BCUT2D eigenvalue weighted by atomic mass is 35.5. The fourth-order valence-electron chi connectivity index (χ4n) is 1.52. The molecule has 1 aromatic rings. The lowest BCUT2D eigenvalue weighted by molar-refractivity contribution is -0.121. The molecule has 0 aromatic carbocycles. The summed E-state index contributed by atoms with van der Waals surface area (Å²) in [6, 6.07) is 0. The third-order valence-corrected chi connectivity index (χ3v) is 6.24. The van der Waals surface area contributed by atoms with Crippen LogP contribution >= 0.6 is 22.9 Å². The van der Waals surface area contributed by atoms with Gasteiger partial charge in [0.25, 0.3) is 10.0 Å². The number of hydrogen-bond acceptors (Lipinski definition) is 6. The van der Waals surface area contributed by atoms with E-state index in [1.807, 2.05) is 0 Å². The first-order chi connectivity index (χ1) is 9.78. The third kappa shape index (κ3) is 5.19. The quantitative estimate of drug-likeness (QED) is 0.699. The highest BCUT2D eigenvalue weighted by Gasteiger charge is 2.27. The molecular formula is C11H18ClN3O4S2. The van der Waals surface area contributed by atoms with Crippen LogP contribution in [0.3, 0.4) is 0 Å². The second-order valence-corrected chi connectivity index (χ2v) is 8.12. The minimum Gasteiger partial charge on any atom is -0.385 e. The van der Waals surface area contributed by atoms with Crippen molar-refractivity contribution in [2.24, 2.45) is 0 Å². The molecule has 0 unspecified atom stereocenters. The van der Waals surface area contributed by atoms with Gasteiger partial charge in [-0.05, 0) is 13.3 Å². The molecule has 1 heterocycles. The van der Waals surface area contributed by atoms with Crippen LogP contribution in [0.5, 0.6) is 0 Å². The first-order valence-corrected chi connectivity index (χ1v) is 8.77. The van der Waals surface area contributed by atoms with Gasteiger partial charge < -0.3 is 10.1 Å². The van der Waals surface area contributed by atoms with Crippen LogP contribution in [0.15, 0.2) is 4.21 Å². The molecule has 10 heteroatoms. The van der Waals surface area contributed by atoms with Crippen LogP contribution in [0.2, 0.25) is 4.47 Å². The lowest BCUT2D eigenvalue weighted by Crippen LogP contribution is -2.38. The number of hydrogen-bond donors (Lipinski definition) is 1. The Kier molecular flexibility index (Phi) is 7.01. The molecule has 0 saturated carbocycles. The molecule has 0 aliphatic heterocycles. The fourth-order valence-corrected chi connectivity index (χ4v) is 4.57. The Morgan fingerprint density at radius 1 is 1.52 bits per heavy atom. The maximum absolute atomic E-state index is 12.3. The predicted molar refractivity (Wildman–Crippen MR) is 81.2 cm³/mol. The maximum Gasteiger partial charge on any atom is 0.254 e. The third-order valence-electron chi connectivity index (χ3n) is 2.59. The average Bonchev–Trinajstić information content (AvgIpc) is 2.74. The van der Waals surface area contributed by atoms with E-state index >= 15 is 0 Å². The van der Waals surface area contributed by atoms with Crippen LogP contribution in [0.4, 0.5) is 0 Å². The molecule has 0 aliphatic rings. The second kappa shape index (κ2) is 8.04. The lowest BCUT2D eigenvalue weighted by Gasteiger charge is -2.16. The van der Waals surface area contributed by atoms with E-state index < -0.39 is 10.0 Å². The number of rotatable bonds is 8. The van der Waals surface area contributed by atoms with Crippen LogP contribution in [-0.2, 0) is 19.6 Å². The molecule has 1 aromatic heterocycles. The summed E-state index contributed by atoms with van der Waals surface area (Å²) in [4.78, 5) is 15.6. The Labute approximate surface area is 133 Å². The maximum atomic E-state index is 12.3. The number of methoxy groups -OCH3 is 1. The molecule has 21 heavy (non-hydrogen) atoms. The Balaban J connectivity index is 2.63. The van der Waals surface area contributed by atoms with E-state index in [1.54, 1.807) is 14.0 Å². The summed E-state index contributed by atoms with van der Waals surface area (Å²) in [6.45, 7) is 2.27. The number of carbonyl (C=O) groups is 1. The van der Waals surface area contributed by atoms with Crippen LogP contribution < -0.4 is 5.32 Å². The van der Waals surface area contributed by atoms with E-state index in [9.17, 15) is 13.2 Å². The first kappa shape index (κ1) is 18.3. The summed E-state index contributed by atoms with van der Waals surface area (Å²) in [5.41, 5.74) is 0.331. The molecule has 1 N–H and O–H groups in total. The topological polar surface area (TPSA) is 88.6 Å². The zero-order valence-corrected chi connectivity index (χ0v) is 14.4. The SMILES string of the molecule is COCCCNC(=O)CN(C)S(=O)(=O)c1sc(Cl)nc1C. The van der Waals surface area contributed by atoms with Crippen molar-refractivity contribution in [3.63, 3.8) is 0 Å². The number of carbonyl (C=O) groups excluding carboxylic acids is 1. The second-order valence-electron chi connectivity index (χ2n) is 4.30. The van der Waals surface area contributed by atoms with Crippen molar-refractivity contribution >= 4 is 38.9 Å². The van der Waals surface area contributed by atoms with Gasteiger partial charge in [-0.25, -0.2) is 13.4 Å². The Morgan fingerprint density at radius 2 is 2.19 bits per heavy atom. The highest BCUT2D eigenvalue weighted by Crippen LogP contribution is 2.28. The molecule has 120 valence electrons. The van der Waals surface area contributed by atoms with Gasteiger partial charge in [0.05, 0.1) is 12.2 Å². The van der Waals surface area contributed by atoms with Crippen LogP contribution in [0.1, 0.15) is 12.1 Å². The predicted octanol–water partition coefficient (Wildman–Crippen LogP) is 0.878. The molecule has 1 rings (SSSR count). The van der Waals surface area contributed by atoms with Gasteiger partial charge in [0.15, 0.2) is 8.68 Å². The van der Waals surface area contributed by atoms with Crippen LogP contribution in [0, 0.1) is 6.92 Å². The van der Waals surface area contributed by atoms with E-state index in [4.69, 9.17) is 16.3 Å². The zero-order valence-electron chi connectivity index (χ0n) is 12.1. The van der Waals surface area contributed by atoms with Gasteiger partial charge in [0, 0.05) is 27.3 Å². The van der Waals surface area contributed by atoms with Gasteiger partial charge in [-0.2, -0.15) is 4.31 Å². The molecule has 0 atom stereocenters. The van der Waals surface area contributed by atoms with Gasteiger partial charge in [-0.15, -0.1) is 0 Å². The highest BCUT2D eigenvalue weighted by molar-refractivity contribution is 7.91. The summed E-state index contributed by atoms with van der Waals surface area (Å²) in [5.74, 6) is -0.370. The number of nitrogens with one attached hydrogen (secondary N) is 1. The van der Waals surface area contributed by atoms with E-state index in [1.165, 1.54) is 7.05 Å². The minimum absolute atomic E-state index is 0.0576. The minimum atomic E-state index is -3.76. The van der Waals surface area contributed by atoms with E-state index in [0.29, 0.717) is 25.3 Å². The van der Waals surface area contributed by atoms with Crippen molar-refractivity contribution in [1.29, 1.82) is 0 Å². The molecule has 0 spiro atoms. The normalized spacial score (nSPS) is 11.9. The Bertz CT molecular complexity index is 588. The van der Waals surface area contributed by atoms with Gasteiger partial charge >= 0.3 is 0 Å². The number of ether oxygens (including phenoxy) is 1. The van der Waals surface area contributed by atoms with Crippen LogP contribution in [-0.4, -0.2) is 57.5 Å². The largest absolute Gasteiger partial charge is 0.385 e. The van der Waals surface area contributed by atoms with Crippen molar-refractivity contribution in [3.05, 3.63) is 10.2 Å². The first-order valence-electron chi connectivity index (χ1n) is 6.14. The Hall–Kier alpha value is -0.740. The number of thiazole rings is 1. The number of likely N-dealkylation sites (N-methyl/N-ethyl adjacent to an activating group) is 1. The van der Waals surface area contributed by atoms with Gasteiger partial charge in [-0.1, -0.05) is 22.9 Å².